The van der Waals surface area contributed by atoms with Crippen LogP contribution in [-0.4, -0.2) is 21.0 Å². The Kier molecular flexibility index (Phi) is 3.20. The first kappa shape index (κ1) is 11.3. The highest BCUT2D eigenvalue weighted by Gasteiger charge is 2.07. The van der Waals surface area contributed by atoms with E-state index in [1.54, 1.807) is 6.07 Å². The van der Waals surface area contributed by atoms with Gasteiger partial charge in [-0.15, -0.1) is 0 Å². The Labute approximate surface area is 102 Å². The number of nitrogens with zero attached hydrogens (tertiary/aromatic N) is 2. The maximum atomic E-state index is 10.7. The van der Waals surface area contributed by atoms with E-state index in [1.807, 2.05) is 0 Å². The number of rotatable bonds is 3. The van der Waals surface area contributed by atoms with E-state index in [0.29, 0.717) is 16.5 Å². The number of ether oxygens (including phenoxy) is 1. The average molecular weight is 251 g/mol. The van der Waals surface area contributed by atoms with Crippen LogP contribution in [-0.2, 0) is 0 Å². The number of halogens is 1. The quantitative estimate of drug-likeness (QED) is 0.907. The molecular weight excluding hydrogens is 244 g/mol. The van der Waals surface area contributed by atoms with Gasteiger partial charge in [-0.1, -0.05) is 11.6 Å². The minimum absolute atomic E-state index is 0.0488. The lowest BCUT2D eigenvalue weighted by Gasteiger charge is -2.06. The second kappa shape index (κ2) is 4.80. The third-order valence-electron chi connectivity index (χ3n) is 1.92. The van der Waals surface area contributed by atoms with Gasteiger partial charge in [-0.2, -0.15) is 0 Å². The standard InChI is InChI=1S/C11H7ClN2O3/c12-9-6-13-2-1-10(9)17-8-3-7(11(15)16)4-14-5-8/h1-6H,(H,15,16). The lowest BCUT2D eigenvalue weighted by atomic mass is 10.3. The largest absolute Gasteiger partial charge is 0.478 e. The van der Waals surface area contributed by atoms with Crippen LogP contribution >= 0.6 is 11.6 Å². The summed E-state index contributed by atoms with van der Waals surface area (Å²) in [5, 5.41) is 9.14. The number of aromatic carboxylic acids is 1. The topological polar surface area (TPSA) is 72.3 Å². The number of carboxylic acids is 1. The predicted octanol–water partition coefficient (Wildman–Crippen LogP) is 2.62. The van der Waals surface area contributed by atoms with Crippen LogP contribution in [0.3, 0.4) is 0 Å². The summed E-state index contributed by atoms with van der Waals surface area (Å²) in [6, 6.07) is 2.95. The van der Waals surface area contributed by atoms with Crippen LogP contribution in [0.15, 0.2) is 36.9 Å². The molecule has 2 heterocycles. The van der Waals surface area contributed by atoms with Crippen molar-refractivity contribution in [2.45, 2.75) is 0 Å². The second-order valence-electron chi connectivity index (χ2n) is 3.12. The van der Waals surface area contributed by atoms with Crippen molar-refractivity contribution in [3.8, 4) is 11.5 Å². The van der Waals surface area contributed by atoms with Gasteiger partial charge in [0.2, 0.25) is 0 Å². The summed E-state index contributed by atoms with van der Waals surface area (Å²) >= 11 is 5.85. The highest BCUT2D eigenvalue weighted by atomic mass is 35.5. The fourth-order valence-electron chi connectivity index (χ4n) is 1.16. The van der Waals surface area contributed by atoms with Gasteiger partial charge in [-0.05, 0) is 6.07 Å². The fraction of sp³-hybridized carbons (Fsp3) is 0. The number of carboxylic acid groups (broad SMARTS) is 1. The molecule has 0 fully saturated rings. The second-order valence-corrected chi connectivity index (χ2v) is 3.53. The maximum Gasteiger partial charge on any atom is 0.337 e. The molecule has 2 aromatic heterocycles. The molecule has 0 aromatic carbocycles. The van der Waals surface area contributed by atoms with Crippen molar-refractivity contribution in [1.82, 2.24) is 9.97 Å². The molecule has 2 rings (SSSR count). The Morgan fingerprint density at radius 3 is 2.82 bits per heavy atom. The van der Waals surface area contributed by atoms with Crippen molar-refractivity contribution < 1.29 is 14.6 Å². The van der Waals surface area contributed by atoms with Gasteiger partial charge in [0.25, 0.3) is 0 Å². The number of carbonyl (C=O) groups is 1. The van der Waals surface area contributed by atoms with Crippen molar-refractivity contribution in [2.24, 2.45) is 0 Å². The molecule has 0 saturated heterocycles. The summed E-state index contributed by atoms with van der Waals surface area (Å²) in [5.41, 5.74) is 0.0488. The molecule has 0 atom stereocenters. The lowest BCUT2D eigenvalue weighted by molar-refractivity contribution is 0.0696. The third kappa shape index (κ3) is 2.70. The molecule has 2 aromatic rings. The molecule has 5 nitrogen and oxygen atoms in total. The molecule has 17 heavy (non-hydrogen) atoms. The van der Waals surface area contributed by atoms with Gasteiger partial charge in [0.05, 0.1) is 11.8 Å². The SMILES string of the molecule is O=C(O)c1cncc(Oc2ccncc2Cl)c1. The zero-order valence-corrected chi connectivity index (χ0v) is 9.26. The van der Waals surface area contributed by atoms with E-state index >= 15 is 0 Å². The van der Waals surface area contributed by atoms with Crippen LogP contribution in [0.1, 0.15) is 10.4 Å². The summed E-state index contributed by atoms with van der Waals surface area (Å²) in [6.07, 6.45) is 5.60. The Balaban J connectivity index is 2.28. The van der Waals surface area contributed by atoms with Crippen LogP contribution in [0.5, 0.6) is 11.5 Å². The van der Waals surface area contributed by atoms with Gasteiger partial charge in [0.1, 0.15) is 16.5 Å². The van der Waals surface area contributed by atoms with Crippen molar-refractivity contribution in [3.63, 3.8) is 0 Å². The average Bonchev–Trinajstić information content (AvgIpc) is 2.32. The Morgan fingerprint density at radius 1 is 1.29 bits per heavy atom. The van der Waals surface area contributed by atoms with Gasteiger partial charge in [-0.25, -0.2) is 4.79 Å². The fourth-order valence-corrected chi connectivity index (χ4v) is 1.32. The zero-order chi connectivity index (χ0) is 12.3. The molecule has 6 heteroatoms. The summed E-state index contributed by atoms with van der Waals surface area (Å²) in [7, 11) is 0. The van der Waals surface area contributed by atoms with E-state index in [9.17, 15) is 4.79 Å². The molecule has 0 aliphatic rings. The summed E-state index contributed by atoms with van der Waals surface area (Å²) in [5.74, 6) is -0.368. The summed E-state index contributed by atoms with van der Waals surface area (Å²) in [6.45, 7) is 0. The molecule has 0 bridgehead atoms. The summed E-state index contributed by atoms with van der Waals surface area (Å²) in [4.78, 5) is 18.3. The van der Waals surface area contributed by atoms with E-state index < -0.39 is 5.97 Å². The van der Waals surface area contributed by atoms with Crippen LogP contribution in [0.4, 0.5) is 0 Å². The van der Waals surface area contributed by atoms with Crippen molar-refractivity contribution in [3.05, 3.63) is 47.5 Å². The number of hydrogen-bond acceptors (Lipinski definition) is 4. The first-order chi connectivity index (χ1) is 8.16. The smallest absolute Gasteiger partial charge is 0.337 e. The number of pyridine rings is 2. The normalized spacial score (nSPS) is 9.94. The molecule has 86 valence electrons. The molecule has 0 radical (unpaired) electrons. The van der Waals surface area contributed by atoms with Crippen LogP contribution < -0.4 is 4.74 Å². The zero-order valence-electron chi connectivity index (χ0n) is 8.50. The van der Waals surface area contributed by atoms with Crippen LogP contribution in [0, 0.1) is 0 Å². The van der Waals surface area contributed by atoms with Gasteiger partial charge >= 0.3 is 5.97 Å². The van der Waals surface area contributed by atoms with E-state index in [1.165, 1.54) is 30.9 Å². The van der Waals surface area contributed by atoms with Crippen LogP contribution in [0.25, 0.3) is 0 Å². The molecule has 0 aliphatic heterocycles. The highest BCUT2D eigenvalue weighted by Crippen LogP contribution is 2.27. The monoisotopic (exact) mass is 250 g/mol. The van der Waals surface area contributed by atoms with Gasteiger partial charge in [0.15, 0.2) is 0 Å². The molecule has 0 amide bonds. The Hall–Kier alpha value is -2.14. The molecule has 1 N–H and O–H groups in total. The van der Waals surface area contributed by atoms with Gasteiger partial charge in [0, 0.05) is 24.7 Å². The van der Waals surface area contributed by atoms with Crippen molar-refractivity contribution in [1.29, 1.82) is 0 Å². The summed E-state index contributed by atoms with van der Waals surface area (Å²) < 4.78 is 5.40. The maximum absolute atomic E-state index is 10.7. The van der Waals surface area contributed by atoms with Crippen LogP contribution in [0.2, 0.25) is 5.02 Å². The van der Waals surface area contributed by atoms with Crippen molar-refractivity contribution in [2.75, 3.05) is 0 Å². The first-order valence-corrected chi connectivity index (χ1v) is 5.00. The van der Waals surface area contributed by atoms with E-state index in [2.05, 4.69) is 9.97 Å². The molecule has 0 aliphatic carbocycles. The van der Waals surface area contributed by atoms with E-state index in [0.717, 1.165) is 0 Å². The lowest BCUT2D eigenvalue weighted by Crippen LogP contribution is -1.97. The molecular formula is C11H7ClN2O3. The predicted molar refractivity (Wildman–Crippen MR) is 60.5 cm³/mol. The molecule has 0 spiro atoms. The number of aromatic nitrogens is 2. The highest BCUT2D eigenvalue weighted by molar-refractivity contribution is 6.31. The minimum atomic E-state index is -1.07. The van der Waals surface area contributed by atoms with Gasteiger partial charge < -0.3 is 9.84 Å². The van der Waals surface area contributed by atoms with E-state index in [-0.39, 0.29) is 5.56 Å². The third-order valence-corrected chi connectivity index (χ3v) is 2.21. The minimum Gasteiger partial charge on any atom is -0.478 e. The van der Waals surface area contributed by atoms with Crippen molar-refractivity contribution >= 4 is 17.6 Å². The number of hydrogen-bond donors (Lipinski definition) is 1. The first-order valence-electron chi connectivity index (χ1n) is 4.62. The van der Waals surface area contributed by atoms with E-state index in [4.69, 9.17) is 21.4 Å². The molecule has 0 unspecified atom stereocenters. The van der Waals surface area contributed by atoms with Gasteiger partial charge in [-0.3, -0.25) is 9.97 Å². The Bertz CT molecular complexity index is 560. The molecule has 0 saturated carbocycles. The Morgan fingerprint density at radius 2 is 2.12 bits per heavy atom.